The van der Waals surface area contributed by atoms with Gasteiger partial charge >= 0.3 is 0 Å². The van der Waals surface area contributed by atoms with E-state index in [2.05, 4.69) is 40.1 Å². The average molecular weight is 539 g/mol. The van der Waals surface area contributed by atoms with Crippen molar-refractivity contribution in [3.8, 4) is 0 Å². The summed E-state index contributed by atoms with van der Waals surface area (Å²) in [5.74, 6) is 2.12. The van der Waals surface area contributed by atoms with Gasteiger partial charge in [-0.1, -0.05) is 35.5 Å². The Bertz CT molecular complexity index is 1270. The maximum atomic E-state index is 13.8. The summed E-state index contributed by atoms with van der Waals surface area (Å²) in [6.45, 7) is 2.16. The van der Waals surface area contributed by atoms with Crippen LogP contribution in [0, 0.1) is 17.8 Å². The lowest BCUT2D eigenvalue weighted by atomic mass is 9.42. The lowest BCUT2D eigenvalue weighted by Gasteiger charge is -2.70. The summed E-state index contributed by atoms with van der Waals surface area (Å²) in [6.07, 6.45) is 8.18. The lowest BCUT2D eigenvalue weighted by molar-refractivity contribution is -0.108. The molecule has 5 fully saturated rings. The summed E-state index contributed by atoms with van der Waals surface area (Å²) >= 11 is 0. The van der Waals surface area contributed by atoms with Crippen molar-refractivity contribution in [3.05, 3.63) is 53.4 Å². The van der Waals surface area contributed by atoms with Crippen LogP contribution in [0.5, 0.6) is 0 Å². The van der Waals surface area contributed by atoms with E-state index in [1.165, 1.54) is 5.56 Å². The van der Waals surface area contributed by atoms with E-state index in [0.29, 0.717) is 42.6 Å². The van der Waals surface area contributed by atoms with Gasteiger partial charge in [0, 0.05) is 37.2 Å². The Balaban J connectivity index is 0.898. The van der Waals surface area contributed by atoms with E-state index < -0.39 is 14.8 Å². The van der Waals surface area contributed by atoms with Gasteiger partial charge in [0.25, 0.3) is 5.91 Å². The van der Waals surface area contributed by atoms with E-state index in [-0.39, 0.29) is 17.9 Å². The minimum Gasteiger partial charge on any atom is -0.360 e. The molecule has 9 heteroatoms. The Morgan fingerprint density at radius 2 is 1.74 bits per heavy atom. The van der Waals surface area contributed by atoms with Crippen molar-refractivity contribution in [2.75, 3.05) is 19.6 Å². The van der Waals surface area contributed by atoms with Crippen LogP contribution >= 0.6 is 0 Å². The first kappa shape index (κ1) is 24.8. The van der Waals surface area contributed by atoms with Crippen LogP contribution in [0.4, 0.5) is 0 Å². The number of amides is 1. The Labute approximate surface area is 225 Å². The van der Waals surface area contributed by atoms with E-state index >= 15 is 0 Å². The summed E-state index contributed by atoms with van der Waals surface area (Å²) in [5.41, 5.74) is 1.69. The first-order chi connectivity index (χ1) is 18.4. The Kier molecular flexibility index (Phi) is 6.17. The SMILES string of the molecule is O=C(N[C@@H]1C[C@@H]2CC3(S(=O)(=O)N4CCC(NCCc5ccccc5)CC4)C[C@H](C1)C23)c1cc(C2CC2)on1. The molecule has 2 unspecified atom stereocenters. The quantitative estimate of drug-likeness (QED) is 0.507. The van der Waals surface area contributed by atoms with Gasteiger partial charge in [0.15, 0.2) is 5.69 Å². The van der Waals surface area contributed by atoms with Crippen LogP contribution in [0.3, 0.4) is 0 Å². The van der Waals surface area contributed by atoms with Gasteiger partial charge in [0.2, 0.25) is 10.0 Å². The first-order valence-electron chi connectivity index (χ1n) is 14.5. The van der Waals surface area contributed by atoms with Gasteiger partial charge < -0.3 is 15.2 Å². The minimum atomic E-state index is -3.30. The molecule has 4 saturated carbocycles. The van der Waals surface area contributed by atoms with Gasteiger partial charge in [-0.3, -0.25) is 4.79 Å². The zero-order valence-electron chi connectivity index (χ0n) is 21.8. The third kappa shape index (κ3) is 4.21. The van der Waals surface area contributed by atoms with E-state index in [0.717, 1.165) is 70.1 Å². The van der Waals surface area contributed by atoms with E-state index in [4.69, 9.17) is 4.52 Å². The van der Waals surface area contributed by atoms with Crippen LogP contribution in [0.25, 0.3) is 0 Å². The summed E-state index contributed by atoms with van der Waals surface area (Å²) in [6, 6.07) is 12.7. The van der Waals surface area contributed by atoms with Crippen LogP contribution in [0.2, 0.25) is 0 Å². The van der Waals surface area contributed by atoms with Crippen molar-refractivity contribution in [1.82, 2.24) is 20.1 Å². The third-order valence-electron chi connectivity index (χ3n) is 10.1. The number of sulfonamides is 1. The highest BCUT2D eigenvalue weighted by molar-refractivity contribution is 7.90. The highest BCUT2D eigenvalue weighted by Crippen LogP contribution is 2.69. The number of carbonyl (C=O) groups excluding carboxylic acids is 1. The molecule has 1 aliphatic heterocycles. The molecule has 38 heavy (non-hydrogen) atoms. The maximum Gasteiger partial charge on any atom is 0.273 e. The number of hydrogen-bond acceptors (Lipinski definition) is 6. The molecule has 0 bridgehead atoms. The summed E-state index contributed by atoms with van der Waals surface area (Å²) in [7, 11) is -3.30. The summed E-state index contributed by atoms with van der Waals surface area (Å²) in [5, 5.41) is 10.8. The monoisotopic (exact) mass is 538 g/mol. The molecule has 2 aromatic rings. The molecular formula is C29H38N4O4S. The number of rotatable bonds is 9. The normalized spacial score (nSPS) is 33.2. The van der Waals surface area contributed by atoms with Crippen LogP contribution in [-0.2, 0) is 16.4 Å². The predicted molar refractivity (Wildman–Crippen MR) is 143 cm³/mol. The number of aromatic nitrogens is 1. The molecule has 7 rings (SSSR count). The fourth-order valence-electron chi connectivity index (χ4n) is 8.05. The van der Waals surface area contributed by atoms with Gasteiger partial charge in [-0.05, 0) is 87.6 Å². The van der Waals surface area contributed by atoms with Gasteiger partial charge in [-0.25, -0.2) is 12.7 Å². The van der Waals surface area contributed by atoms with Crippen molar-refractivity contribution < 1.29 is 17.7 Å². The molecule has 2 heterocycles. The molecule has 5 atom stereocenters. The number of nitrogens with zero attached hydrogens (tertiary/aromatic N) is 2. The molecule has 204 valence electrons. The highest BCUT2D eigenvalue weighted by Gasteiger charge is 2.73. The number of benzene rings is 1. The van der Waals surface area contributed by atoms with E-state index in [9.17, 15) is 13.2 Å². The summed E-state index contributed by atoms with van der Waals surface area (Å²) < 4.78 is 34.2. The Morgan fingerprint density at radius 1 is 1.03 bits per heavy atom. The zero-order valence-corrected chi connectivity index (χ0v) is 22.7. The van der Waals surface area contributed by atoms with Gasteiger partial charge in [0.05, 0.1) is 4.75 Å². The van der Waals surface area contributed by atoms with Gasteiger partial charge in [-0.2, -0.15) is 0 Å². The molecule has 1 aromatic heterocycles. The second kappa shape index (κ2) is 9.45. The smallest absolute Gasteiger partial charge is 0.273 e. The molecule has 4 aliphatic carbocycles. The molecule has 8 nitrogen and oxygen atoms in total. The van der Waals surface area contributed by atoms with Crippen molar-refractivity contribution in [1.29, 1.82) is 0 Å². The van der Waals surface area contributed by atoms with E-state index in [1.807, 2.05) is 6.07 Å². The second-order valence-corrected chi connectivity index (χ2v) is 14.7. The molecule has 0 radical (unpaired) electrons. The number of carbonyl (C=O) groups is 1. The minimum absolute atomic E-state index is 0.0912. The average Bonchev–Trinajstić information content (AvgIpc) is 3.62. The summed E-state index contributed by atoms with van der Waals surface area (Å²) in [4.78, 5) is 12.7. The fourth-order valence-corrected chi connectivity index (χ4v) is 10.8. The van der Waals surface area contributed by atoms with Crippen LogP contribution in [0.1, 0.15) is 79.1 Å². The van der Waals surface area contributed by atoms with Crippen LogP contribution in [0.15, 0.2) is 40.9 Å². The second-order valence-electron chi connectivity index (χ2n) is 12.4. The van der Waals surface area contributed by atoms with Crippen LogP contribution < -0.4 is 10.6 Å². The van der Waals surface area contributed by atoms with Gasteiger partial charge in [0.1, 0.15) is 5.76 Å². The maximum absolute atomic E-state index is 13.8. The fraction of sp³-hybridized carbons (Fsp3) is 0.655. The van der Waals surface area contributed by atoms with Gasteiger partial charge in [-0.15, -0.1) is 0 Å². The Hall–Kier alpha value is -2.23. The standard InChI is InChI=1S/C29H38N4O4S/c34-28(25-16-26(37-32-25)20-6-7-20)31-24-14-21-17-29(18-22(15-24)27(21)29)38(35,36)33-12-9-23(10-13-33)30-11-8-19-4-2-1-3-5-19/h1-5,16,20-24,27,30H,6-15,17-18H2,(H,31,34)/t21-,22+,24-,27?,29?. The third-order valence-corrected chi connectivity index (χ3v) is 12.8. The van der Waals surface area contributed by atoms with Crippen molar-refractivity contribution in [3.63, 3.8) is 0 Å². The molecule has 1 saturated heterocycles. The number of nitrogens with one attached hydrogen (secondary N) is 2. The predicted octanol–water partition coefficient (Wildman–Crippen LogP) is 3.47. The molecule has 5 aliphatic rings. The van der Waals surface area contributed by atoms with Crippen LogP contribution in [-0.4, -0.2) is 60.3 Å². The molecule has 2 N–H and O–H groups in total. The highest BCUT2D eigenvalue weighted by atomic mass is 32.2. The molecule has 1 amide bonds. The lowest BCUT2D eigenvalue weighted by Crippen LogP contribution is -2.75. The largest absolute Gasteiger partial charge is 0.360 e. The number of piperidine rings is 1. The van der Waals surface area contributed by atoms with Crippen molar-refractivity contribution >= 4 is 15.9 Å². The number of hydrogen-bond donors (Lipinski definition) is 2. The van der Waals surface area contributed by atoms with Crippen molar-refractivity contribution in [2.45, 2.75) is 80.5 Å². The Morgan fingerprint density at radius 3 is 2.42 bits per heavy atom. The molecule has 0 spiro atoms. The van der Waals surface area contributed by atoms with Crippen molar-refractivity contribution in [2.24, 2.45) is 17.8 Å². The zero-order chi connectivity index (χ0) is 25.9. The first-order valence-corrected chi connectivity index (χ1v) is 15.9. The molecule has 1 aromatic carbocycles. The van der Waals surface area contributed by atoms with E-state index in [1.54, 1.807) is 10.4 Å². The molecular weight excluding hydrogens is 500 g/mol. The topological polar surface area (TPSA) is 105 Å².